The molecule has 0 aliphatic heterocycles. The maximum atomic E-state index is 13.7. The maximum Gasteiger partial charge on any atom is 0.243 e. The summed E-state index contributed by atoms with van der Waals surface area (Å²) in [5.41, 5.74) is 2.69. The monoisotopic (exact) mass is 496 g/mol. The molecule has 3 aromatic rings. The molecule has 1 N–H and O–H groups in total. The van der Waals surface area contributed by atoms with Crippen molar-refractivity contribution in [3.8, 4) is 0 Å². The predicted molar refractivity (Wildman–Crippen MR) is 139 cm³/mol. The van der Waals surface area contributed by atoms with Crippen LogP contribution in [0, 0.1) is 0 Å². The summed E-state index contributed by atoms with van der Waals surface area (Å²) >= 11 is 12.2. The molecule has 0 fully saturated rings. The van der Waals surface area contributed by atoms with Crippen molar-refractivity contribution < 1.29 is 9.59 Å². The number of nitrogens with zero attached hydrogens (tertiary/aromatic N) is 1. The topological polar surface area (TPSA) is 49.4 Å². The average molecular weight is 497 g/mol. The molecule has 2 unspecified atom stereocenters. The van der Waals surface area contributed by atoms with E-state index in [0.717, 1.165) is 23.1 Å². The van der Waals surface area contributed by atoms with Crippen molar-refractivity contribution in [2.45, 2.75) is 51.7 Å². The van der Waals surface area contributed by atoms with Gasteiger partial charge in [0, 0.05) is 29.1 Å². The summed E-state index contributed by atoms with van der Waals surface area (Å²) in [5, 5.41) is 4.28. The Morgan fingerprint density at radius 1 is 0.853 bits per heavy atom. The highest BCUT2D eigenvalue weighted by molar-refractivity contribution is 6.30. The normalized spacial score (nSPS) is 12.6. The van der Waals surface area contributed by atoms with Crippen molar-refractivity contribution in [2.24, 2.45) is 0 Å². The Morgan fingerprint density at radius 3 is 2.18 bits per heavy atom. The maximum absolute atomic E-state index is 13.7. The van der Waals surface area contributed by atoms with Crippen molar-refractivity contribution >= 4 is 35.0 Å². The molecule has 3 aromatic carbocycles. The van der Waals surface area contributed by atoms with E-state index < -0.39 is 6.04 Å². The lowest BCUT2D eigenvalue weighted by atomic mass is 10.0. The SMILES string of the molecule is CCC(C)NC(=O)C(Cc1ccccc1)N(Cc1cccc(Cl)c1)C(=O)Cc1ccc(Cl)cc1. The zero-order chi connectivity index (χ0) is 24.5. The third kappa shape index (κ3) is 7.61. The summed E-state index contributed by atoms with van der Waals surface area (Å²) in [6, 6.07) is 23.7. The lowest BCUT2D eigenvalue weighted by Crippen LogP contribution is -2.52. The Morgan fingerprint density at radius 2 is 1.53 bits per heavy atom. The molecule has 34 heavy (non-hydrogen) atoms. The molecule has 4 nitrogen and oxygen atoms in total. The van der Waals surface area contributed by atoms with Gasteiger partial charge in [0.05, 0.1) is 6.42 Å². The lowest BCUT2D eigenvalue weighted by Gasteiger charge is -2.32. The van der Waals surface area contributed by atoms with Gasteiger partial charge in [-0.15, -0.1) is 0 Å². The molecule has 6 heteroatoms. The Labute approximate surface area is 211 Å². The van der Waals surface area contributed by atoms with Gasteiger partial charge in [-0.25, -0.2) is 0 Å². The van der Waals surface area contributed by atoms with Gasteiger partial charge >= 0.3 is 0 Å². The van der Waals surface area contributed by atoms with E-state index in [1.807, 2.05) is 74.5 Å². The highest BCUT2D eigenvalue weighted by Gasteiger charge is 2.31. The fourth-order valence-corrected chi connectivity index (χ4v) is 4.04. The molecule has 0 radical (unpaired) electrons. The number of amides is 2. The number of nitrogens with one attached hydrogen (secondary N) is 1. The van der Waals surface area contributed by atoms with Crippen molar-refractivity contribution in [2.75, 3.05) is 0 Å². The number of hydrogen-bond acceptors (Lipinski definition) is 2. The van der Waals surface area contributed by atoms with Crippen LogP contribution in [0.3, 0.4) is 0 Å². The van der Waals surface area contributed by atoms with Crippen LogP contribution in [0.1, 0.15) is 37.0 Å². The van der Waals surface area contributed by atoms with Gasteiger partial charge in [-0.1, -0.05) is 84.7 Å². The van der Waals surface area contributed by atoms with Crippen molar-refractivity contribution in [3.63, 3.8) is 0 Å². The smallest absolute Gasteiger partial charge is 0.243 e. The van der Waals surface area contributed by atoms with Gasteiger partial charge in [0.15, 0.2) is 0 Å². The molecule has 0 saturated heterocycles. The molecule has 0 spiro atoms. The van der Waals surface area contributed by atoms with Crippen LogP contribution in [0.5, 0.6) is 0 Å². The van der Waals surface area contributed by atoms with E-state index in [2.05, 4.69) is 5.32 Å². The van der Waals surface area contributed by atoms with Gasteiger partial charge < -0.3 is 10.2 Å². The highest BCUT2D eigenvalue weighted by atomic mass is 35.5. The Balaban J connectivity index is 1.96. The fourth-order valence-electron chi connectivity index (χ4n) is 3.71. The number of carbonyl (C=O) groups excluding carboxylic acids is 2. The van der Waals surface area contributed by atoms with Crippen LogP contribution in [0.25, 0.3) is 0 Å². The van der Waals surface area contributed by atoms with E-state index in [4.69, 9.17) is 23.2 Å². The van der Waals surface area contributed by atoms with Crippen LogP contribution in [0.2, 0.25) is 10.0 Å². The first kappa shape index (κ1) is 25.8. The van der Waals surface area contributed by atoms with Gasteiger partial charge in [0.1, 0.15) is 6.04 Å². The summed E-state index contributed by atoms with van der Waals surface area (Å²) in [6.07, 6.45) is 1.38. The zero-order valence-electron chi connectivity index (χ0n) is 19.5. The number of benzene rings is 3. The van der Waals surface area contributed by atoms with Gasteiger partial charge in [-0.3, -0.25) is 9.59 Å². The van der Waals surface area contributed by atoms with Crippen LogP contribution < -0.4 is 5.32 Å². The highest BCUT2D eigenvalue weighted by Crippen LogP contribution is 2.19. The number of hydrogen-bond donors (Lipinski definition) is 1. The summed E-state index contributed by atoms with van der Waals surface area (Å²) in [7, 11) is 0. The molecule has 0 bridgehead atoms. The standard InChI is InChI=1S/C28H30Cl2N2O2/c1-3-20(2)31-28(34)26(17-21-8-5-4-6-9-21)32(19-23-10-7-11-25(30)16-23)27(33)18-22-12-14-24(29)15-13-22/h4-16,20,26H,3,17-19H2,1-2H3,(H,31,34). The molecule has 0 saturated carbocycles. The van der Waals surface area contributed by atoms with E-state index in [1.165, 1.54) is 0 Å². The zero-order valence-corrected chi connectivity index (χ0v) is 21.0. The molecule has 2 atom stereocenters. The first-order chi connectivity index (χ1) is 16.4. The minimum absolute atomic E-state index is 0.00478. The first-order valence-electron chi connectivity index (χ1n) is 11.5. The number of halogens is 2. The summed E-state index contributed by atoms with van der Waals surface area (Å²) in [6.45, 7) is 4.26. The fraction of sp³-hybridized carbons (Fsp3) is 0.286. The second-order valence-corrected chi connectivity index (χ2v) is 9.35. The molecule has 0 aliphatic carbocycles. The summed E-state index contributed by atoms with van der Waals surface area (Å²) in [5.74, 6) is -0.299. The Hall–Kier alpha value is -2.82. The number of carbonyl (C=O) groups is 2. The molecule has 0 aromatic heterocycles. The van der Waals surface area contributed by atoms with Gasteiger partial charge in [-0.2, -0.15) is 0 Å². The van der Waals surface area contributed by atoms with Crippen LogP contribution in [-0.2, 0) is 29.0 Å². The van der Waals surface area contributed by atoms with Gasteiger partial charge in [0.25, 0.3) is 0 Å². The van der Waals surface area contributed by atoms with Crippen LogP contribution in [-0.4, -0.2) is 28.8 Å². The van der Waals surface area contributed by atoms with Gasteiger partial charge in [0.2, 0.25) is 11.8 Å². The van der Waals surface area contributed by atoms with E-state index in [1.54, 1.807) is 23.1 Å². The minimum atomic E-state index is -0.671. The molecular weight excluding hydrogens is 467 g/mol. The summed E-state index contributed by atoms with van der Waals surface area (Å²) < 4.78 is 0. The third-order valence-corrected chi connectivity index (χ3v) is 6.27. The summed E-state index contributed by atoms with van der Waals surface area (Å²) in [4.78, 5) is 28.8. The van der Waals surface area contributed by atoms with E-state index >= 15 is 0 Å². The van der Waals surface area contributed by atoms with Crippen molar-refractivity contribution in [1.29, 1.82) is 0 Å². The predicted octanol–water partition coefficient (Wildman–Crippen LogP) is 6.09. The third-order valence-electron chi connectivity index (χ3n) is 5.78. The first-order valence-corrected chi connectivity index (χ1v) is 12.2. The molecule has 178 valence electrons. The second-order valence-electron chi connectivity index (χ2n) is 8.48. The average Bonchev–Trinajstić information content (AvgIpc) is 2.83. The van der Waals surface area contributed by atoms with E-state index in [0.29, 0.717) is 16.5 Å². The molecule has 3 rings (SSSR count). The molecule has 0 aliphatic rings. The molecule has 2 amide bonds. The quantitative estimate of drug-likeness (QED) is 0.369. The molecule has 0 heterocycles. The van der Waals surface area contributed by atoms with Crippen molar-refractivity contribution in [3.05, 3.63) is 106 Å². The van der Waals surface area contributed by atoms with E-state index in [9.17, 15) is 9.59 Å². The minimum Gasteiger partial charge on any atom is -0.352 e. The Kier molecular flexibility index (Phi) is 9.55. The van der Waals surface area contributed by atoms with Crippen molar-refractivity contribution in [1.82, 2.24) is 10.2 Å². The van der Waals surface area contributed by atoms with Crippen LogP contribution in [0.4, 0.5) is 0 Å². The largest absolute Gasteiger partial charge is 0.352 e. The molecular formula is C28H30Cl2N2O2. The van der Waals surface area contributed by atoms with Crippen LogP contribution in [0.15, 0.2) is 78.9 Å². The second kappa shape index (κ2) is 12.6. The van der Waals surface area contributed by atoms with Crippen LogP contribution >= 0.6 is 23.2 Å². The van der Waals surface area contributed by atoms with Gasteiger partial charge in [-0.05, 0) is 54.3 Å². The van der Waals surface area contributed by atoms with E-state index in [-0.39, 0.29) is 30.8 Å². The Bertz CT molecular complexity index is 1090. The lowest BCUT2D eigenvalue weighted by molar-refractivity contribution is -0.141. The number of rotatable bonds is 10.